The molecule has 0 bridgehead atoms. The number of ether oxygens (including phenoxy) is 2. The van der Waals surface area contributed by atoms with Crippen molar-refractivity contribution in [1.82, 2.24) is 0 Å². The zero-order valence-corrected chi connectivity index (χ0v) is 13.8. The van der Waals surface area contributed by atoms with Crippen molar-refractivity contribution in [1.29, 1.82) is 0 Å². The molecule has 1 saturated carbocycles. The molecule has 0 amide bonds. The lowest BCUT2D eigenvalue weighted by Gasteiger charge is -2.39. The summed E-state index contributed by atoms with van der Waals surface area (Å²) in [5.41, 5.74) is 0.163. The summed E-state index contributed by atoms with van der Waals surface area (Å²) in [6, 6.07) is 0. The number of hydrogen-bond donors (Lipinski definition) is 0. The Kier molecular flexibility index (Phi) is 6.22. The maximum atomic E-state index is 6.30. The van der Waals surface area contributed by atoms with Crippen LogP contribution in [0.15, 0.2) is 0 Å². The Morgan fingerprint density at radius 2 is 2.06 bits per heavy atom. The van der Waals surface area contributed by atoms with E-state index >= 15 is 0 Å². The monoisotopic (exact) mass is 366 g/mol. The van der Waals surface area contributed by atoms with E-state index < -0.39 is 0 Å². The number of alkyl halides is 1. The third kappa shape index (κ3) is 4.07. The molecule has 3 heteroatoms. The summed E-state index contributed by atoms with van der Waals surface area (Å²) in [4.78, 5) is 0. The normalized spacial score (nSPS) is 37.0. The van der Waals surface area contributed by atoms with Crippen molar-refractivity contribution in [2.75, 3.05) is 17.6 Å². The summed E-state index contributed by atoms with van der Waals surface area (Å²) < 4.78 is 13.1. The van der Waals surface area contributed by atoms with Crippen molar-refractivity contribution in [2.45, 2.75) is 70.0 Å². The van der Waals surface area contributed by atoms with Crippen molar-refractivity contribution in [3.8, 4) is 0 Å². The summed E-state index contributed by atoms with van der Waals surface area (Å²) in [6.07, 6.45) is 10.8. The van der Waals surface area contributed by atoms with Crippen LogP contribution >= 0.6 is 22.6 Å². The average Bonchev–Trinajstić information content (AvgIpc) is 2.92. The summed E-state index contributed by atoms with van der Waals surface area (Å²) in [5.74, 6) is 0.956. The molecule has 18 heavy (non-hydrogen) atoms. The molecule has 1 aliphatic heterocycles. The third-order valence-corrected chi connectivity index (χ3v) is 5.95. The fourth-order valence-electron chi connectivity index (χ4n) is 3.26. The van der Waals surface area contributed by atoms with Gasteiger partial charge in [-0.15, -0.1) is 0 Å². The SMILES string of the molecule is CCCC1CCC(CI)(OCC2CCCO2)CC1. The molecule has 1 saturated heterocycles. The fourth-order valence-corrected chi connectivity index (χ4v) is 4.25. The van der Waals surface area contributed by atoms with Crippen LogP contribution in [0.4, 0.5) is 0 Å². The molecule has 2 fully saturated rings. The quantitative estimate of drug-likeness (QED) is 0.514. The second-order valence-electron chi connectivity index (χ2n) is 5.99. The molecule has 1 heterocycles. The van der Waals surface area contributed by atoms with Crippen LogP contribution in [0.3, 0.4) is 0 Å². The zero-order chi connectivity index (χ0) is 12.8. The molecule has 1 unspecified atom stereocenters. The van der Waals surface area contributed by atoms with Gasteiger partial charge in [0.25, 0.3) is 0 Å². The van der Waals surface area contributed by atoms with Crippen LogP contribution in [0, 0.1) is 5.92 Å². The van der Waals surface area contributed by atoms with Gasteiger partial charge in [0.15, 0.2) is 0 Å². The minimum atomic E-state index is 0.163. The molecule has 1 atom stereocenters. The van der Waals surface area contributed by atoms with Gasteiger partial charge in [-0.05, 0) is 44.4 Å². The van der Waals surface area contributed by atoms with Crippen LogP contribution in [0.5, 0.6) is 0 Å². The Morgan fingerprint density at radius 3 is 2.61 bits per heavy atom. The van der Waals surface area contributed by atoms with Gasteiger partial charge < -0.3 is 9.47 Å². The van der Waals surface area contributed by atoms with Crippen LogP contribution < -0.4 is 0 Å². The highest BCUT2D eigenvalue weighted by Gasteiger charge is 2.35. The van der Waals surface area contributed by atoms with E-state index in [9.17, 15) is 0 Å². The number of hydrogen-bond acceptors (Lipinski definition) is 2. The first-order valence-corrected chi connectivity index (χ1v) is 9.12. The van der Waals surface area contributed by atoms with Crippen LogP contribution in [-0.4, -0.2) is 29.3 Å². The summed E-state index contributed by atoms with van der Waals surface area (Å²) >= 11 is 2.51. The molecule has 0 N–H and O–H groups in total. The first-order chi connectivity index (χ1) is 8.78. The van der Waals surface area contributed by atoms with Gasteiger partial charge >= 0.3 is 0 Å². The van der Waals surface area contributed by atoms with Crippen molar-refractivity contribution in [3.63, 3.8) is 0 Å². The molecule has 2 rings (SSSR count). The maximum Gasteiger partial charge on any atom is 0.0809 e. The summed E-state index contributed by atoms with van der Waals surface area (Å²) in [7, 11) is 0. The molecule has 0 spiro atoms. The Bertz CT molecular complexity index is 231. The van der Waals surface area contributed by atoms with Gasteiger partial charge in [-0.3, -0.25) is 0 Å². The van der Waals surface area contributed by atoms with Gasteiger partial charge in [-0.25, -0.2) is 0 Å². The molecule has 0 radical (unpaired) electrons. The lowest BCUT2D eigenvalue weighted by atomic mass is 9.78. The Labute approximate surface area is 125 Å². The number of rotatable bonds is 6. The lowest BCUT2D eigenvalue weighted by Crippen LogP contribution is -2.40. The largest absolute Gasteiger partial charge is 0.376 e. The van der Waals surface area contributed by atoms with Crippen molar-refractivity contribution < 1.29 is 9.47 Å². The van der Waals surface area contributed by atoms with E-state index in [-0.39, 0.29) is 5.60 Å². The van der Waals surface area contributed by atoms with Gasteiger partial charge in [-0.2, -0.15) is 0 Å². The van der Waals surface area contributed by atoms with E-state index in [1.165, 1.54) is 51.4 Å². The van der Waals surface area contributed by atoms with Crippen LogP contribution in [0.25, 0.3) is 0 Å². The first kappa shape index (κ1) is 15.0. The second kappa shape index (κ2) is 7.44. The molecule has 2 nitrogen and oxygen atoms in total. The van der Waals surface area contributed by atoms with E-state index in [2.05, 4.69) is 29.5 Å². The molecule has 0 aromatic carbocycles. The molecular weight excluding hydrogens is 339 g/mol. The maximum absolute atomic E-state index is 6.30. The Balaban J connectivity index is 1.76. The highest BCUT2D eigenvalue weighted by molar-refractivity contribution is 14.1. The highest BCUT2D eigenvalue weighted by atomic mass is 127. The van der Waals surface area contributed by atoms with E-state index in [4.69, 9.17) is 9.47 Å². The average molecular weight is 366 g/mol. The fraction of sp³-hybridized carbons (Fsp3) is 1.00. The van der Waals surface area contributed by atoms with E-state index in [0.29, 0.717) is 6.10 Å². The van der Waals surface area contributed by atoms with E-state index in [0.717, 1.165) is 23.6 Å². The van der Waals surface area contributed by atoms with Crippen molar-refractivity contribution in [2.24, 2.45) is 5.92 Å². The van der Waals surface area contributed by atoms with Gasteiger partial charge in [0, 0.05) is 11.0 Å². The van der Waals surface area contributed by atoms with Gasteiger partial charge in [0.2, 0.25) is 0 Å². The van der Waals surface area contributed by atoms with Crippen molar-refractivity contribution >= 4 is 22.6 Å². The standard InChI is InChI=1S/C15H27IO2/c1-2-4-13-6-8-15(12-16,9-7-13)18-11-14-5-3-10-17-14/h13-14H,2-12H2,1H3. The van der Waals surface area contributed by atoms with Gasteiger partial charge in [-0.1, -0.05) is 42.4 Å². The van der Waals surface area contributed by atoms with Crippen LogP contribution in [-0.2, 0) is 9.47 Å². The van der Waals surface area contributed by atoms with E-state index in [1.54, 1.807) is 0 Å². The molecule has 0 aromatic rings. The third-order valence-electron chi connectivity index (χ3n) is 4.56. The predicted molar refractivity (Wildman–Crippen MR) is 83.4 cm³/mol. The highest BCUT2D eigenvalue weighted by Crippen LogP contribution is 2.38. The Hall–Kier alpha value is 0.650. The topological polar surface area (TPSA) is 18.5 Å². The van der Waals surface area contributed by atoms with Gasteiger partial charge in [0.1, 0.15) is 0 Å². The zero-order valence-electron chi connectivity index (χ0n) is 11.6. The minimum absolute atomic E-state index is 0.163. The molecule has 0 aromatic heterocycles. The summed E-state index contributed by atoms with van der Waals surface area (Å²) in [6.45, 7) is 4.05. The first-order valence-electron chi connectivity index (χ1n) is 7.59. The second-order valence-corrected chi connectivity index (χ2v) is 6.76. The summed E-state index contributed by atoms with van der Waals surface area (Å²) in [5, 5.41) is 0. The molecular formula is C15H27IO2. The minimum Gasteiger partial charge on any atom is -0.376 e. The number of halogens is 1. The molecule has 1 aliphatic carbocycles. The van der Waals surface area contributed by atoms with Crippen LogP contribution in [0.1, 0.15) is 58.3 Å². The van der Waals surface area contributed by atoms with Gasteiger partial charge in [0.05, 0.1) is 18.3 Å². The van der Waals surface area contributed by atoms with Crippen molar-refractivity contribution in [3.05, 3.63) is 0 Å². The van der Waals surface area contributed by atoms with E-state index in [1.807, 2.05) is 0 Å². The Morgan fingerprint density at radius 1 is 1.28 bits per heavy atom. The molecule has 2 aliphatic rings. The predicted octanol–water partition coefficient (Wildman–Crippen LogP) is 4.35. The smallest absolute Gasteiger partial charge is 0.0809 e. The van der Waals surface area contributed by atoms with Crippen LogP contribution in [0.2, 0.25) is 0 Å². The molecule has 106 valence electrons. The lowest BCUT2D eigenvalue weighted by molar-refractivity contribution is -0.0927.